The molecule has 0 saturated carbocycles. The van der Waals surface area contributed by atoms with Crippen LogP contribution in [0.5, 0.6) is 11.5 Å². The van der Waals surface area contributed by atoms with E-state index in [0.29, 0.717) is 43.2 Å². The summed E-state index contributed by atoms with van der Waals surface area (Å²) in [7, 11) is 1.55. The summed E-state index contributed by atoms with van der Waals surface area (Å²) in [5.41, 5.74) is 1.82. The van der Waals surface area contributed by atoms with Crippen molar-refractivity contribution in [1.29, 1.82) is 0 Å². The van der Waals surface area contributed by atoms with Gasteiger partial charge in [0.25, 0.3) is 11.1 Å². The summed E-state index contributed by atoms with van der Waals surface area (Å²) < 4.78 is 11.1. The minimum atomic E-state index is -0.460. The van der Waals surface area contributed by atoms with Gasteiger partial charge in [-0.1, -0.05) is 24.3 Å². The lowest BCUT2D eigenvalue weighted by molar-refractivity contribution is -0.136. The second-order valence-corrected chi connectivity index (χ2v) is 9.54. The molecule has 4 rings (SSSR count). The fourth-order valence-electron chi connectivity index (χ4n) is 4.00. The Bertz CT molecular complexity index is 1130. The fraction of sp³-hybridized carbons (Fsp3) is 0.346. The highest BCUT2D eigenvalue weighted by molar-refractivity contribution is 8.18. The van der Waals surface area contributed by atoms with Crippen molar-refractivity contribution in [3.05, 3.63) is 59.0 Å². The molecule has 2 saturated heterocycles. The van der Waals surface area contributed by atoms with E-state index in [2.05, 4.69) is 4.90 Å². The number of imide groups is 1. The van der Waals surface area contributed by atoms with E-state index in [0.717, 1.165) is 22.3 Å². The summed E-state index contributed by atoms with van der Waals surface area (Å²) in [5, 5.41) is -0.441. The lowest BCUT2D eigenvalue weighted by Gasteiger charge is -2.36. The Labute approximate surface area is 209 Å². The largest absolute Gasteiger partial charge is 0.493 e. The summed E-state index contributed by atoms with van der Waals surface area (Å²) in [6.45, 7) is 6.10. The van der Waals surface area contributed by atoms with E-state index in [1.165, 1.54) is 0 Å². The van der Waals surface area contributed by atoms with E-state index in [-0.39, 0.29) is 23.5 Å². The monoisotopic (exact) mass is 495 g/mol. The van der Waals surface area contributed by atoms with Crippen LogP contribution in [0, 0.1) is 0 Å². The van der Waals surface area contributed by atoms with Gasteiger partial charge in [-0.3, -0.25) is 19.3 Å². The minimum absolute atomic E-state index is 0.00916. The molecule has 2 aliphatic heterocycles. The van der Waals surface area contributed by atoms with Gasteiger partial charge < -0.3 is 19.3 Å². The van der Waals surface area contributed by atoms with Crippen LogP contribution in [0.2, 0.25) is 0 Å². The molecule has 0 unspecified atom stereocenters. The molecule has 9 heteroatoms. The summed E-state index contributed by atoms with van der Waals surface area (Å²) in [6, 6.07) is 15.4. The molecule has 0 atom stereocenters. The predicted molar refractivity (Wildman–Crippen MR) is 137 cm³/mol. The van der Waals surface area contributed by atoms with Gasteiger partial charge in [0.15, 0.2) is 11.5 Å². The zero-order valence-corrected chi connectivity index (χ0v) is 20.9. The fourth-order valence-corrected chi connectivity index (χ4v) is 4.84. The van der Waals surface area contributed by atoms with Gasteiger partial charge in [-0.2, -0.15) is 0 Å². The second-order valence-electron chi connectivity index (χ2n) is 8.55. The summed E-state index contributed by atoms with van der Waals surface area (Å²) >= 11 is 0.839. The molecule has 0 bridgehead atoms. The van der Waals surface area contributed by atoms with Crippen LogP contribution in [0.25, 0.3) is 6.08 Å². The van der Waals surface area contributed by atoms with Crippen molar-refractivity contribution >= 4 is 40.6 Å². The quantitative estimate of drug-likeness (QED) is 0.540. The number of thioether (sulfide) groups is 1. The van der Waals surface area contributed by atoms with Crippen molar-refractivity contribution in [2.75, 3.05) is 44.7 Å². The molecule has 8 nitrogen and oxygen atoms in total. The van der Waals surface area contributed by atoms with Gasteiger partial charge in [-0.25, -0.2) is 0 Å². The van der Waals surface area contributed by atoms with Crippen molar-refractivity contribution in [2.45, 2.75) is 20.0 Å². The van der Waals surface area contributed by atoms with E-state index in [1.807, 2.05) is 44.2 Å². The first-order chi connectivity index (χ1) is 16.9. The van der Waals surface area contributed by atoms with Crippen molar-refractivity contribution in [2.24, 2.45) is 0 Å². The molecule has 0 N–H and O–H groups in total. The number of carbonyl (C=O) groups is 3. The Kier molecular flexibility index (Phi) is 7.65. The van der Waals surface area contributed by atoms with E-state index in [9.17, 15) is 14.4 Å². The minimum Gasteiger partial charge on any atom is -0.493 e. The maximum atomic E-state index is 12.9. The Hall–Kier alpha value is -3.46. The number of piperazine rings is 1. The SMILES string of the molecule is COc1cc(/C=C2/SC(=O)N(CC(=O)N3CCN(c4ccccc4)CC3)C2=O)ccc1OC(C)C. The molecule has 184 valence electrons. The van der Waals surface area contributed by atoms with Crippen LogP contribution in [0.4, 0.5) is 10.5 Å². The number of amides is 3. The number of ether oxygens (including phenoxy) is 2. The van der Waals surface area contributed by atoms with Crippen LogP contribution < -0.4 is 14.4 Å². The molecule has 2 fully saturated rings. The molecule has 3 amide bonds. The molecule has 0 aromatic heterocycles. The molecule has 2 heterocycles. The smallest absolute Gasteiger partial charge is 0.294 e. The molecule has 2 aliphatic rings. The lowest BCUT2D eigenvalue weighted by atomic mass is 10.2. The second kappa shape index (κ2) is 10.9. The van der Waals surface area contributed by atoms with E-state index < -0.39 is 11.1 Å². The number of methoxy groups -OCH3 is 1. The molecule has 0 aliphatic carbocycles. The average Bonchev–Trinajstić information content (AvgIpc) is 3.12. The molecule has 0 spiro atoms. The predicted octanol–water partition coefficient (Wildman–Crippen LogP) is 3.87. The Balaban J connectivity index is 1.38. The maximum Gasteiger partial charge on any atom is 0.294 e. The standard InChI is InChI=1S/C26H29N3O5S/c1-18(2)34-21-10-9-19(15-22(21)33-3)16-23-25(31)29(26(32)35-23)17-24(30)28-13-11-27(12-14-28)20-7-5-4-6-8-20/h4-10,15-16,18H,11-14,17H2,1-3H3/b23-16+. The molecule has 35 heavy (non-hydrogen) atoms. The summed E-state index contributed by atoms with van der Waals surface area (Å²) in [6.07, 6.45) is 1.63. The van der Waals surface area contributed by atoms with E-state index in [4.69, 9.17) is 9.47 Å². The Morgan fingerprint density at radius 1 is 1.03 bits per heavy atom. The molecular weight excluding hydrogens is 466 g/mol. The van der Waals surface area contributed by atoms with Gasteiger partial charge in [0.1, 0.15) is 6.54 Å². The molecule has 0 radical (unpaired) electrons. The van der Waals surface area contributed by atoms with E-state index >= 15 is 0 Å². The zero-order valence-electron chi connectivity index (χ0n) is 20.1. The summed E-state index contributed by atoms with van der Waals surface area (Å²) in [4.78, 5) is 43.6. The average molecular weight is 496 g/mol. The first-order valence-corrected chi connectivity index (χ1v) is 12.3. The third-order valence-corrected chi connectivity index (χ3v) is 6.68. The number of para-hydroxylation sites is 1. The van der Waals surface area contributed by atoms with Gasteiger partial charge in [-0.05, 0) is 61.5 Å². The first-order valence-electron chi connectivity index (χ1n) is 11.5. The number of carbonyl (C=O) groups excluding carboxylic acids is 3. The highest BCUT2D eigenvalue weighted by atomic mass is 32.2. The first kappa shape index (κ1) is 24.7. The third kappa shape index (κ3) is 5.79. The van der Waals surface area contributed by atoms with Crippen molar-refractivity contribution < 1.29 is 23.9 Å². The van der Waals surface area contributed by atoms with Gasteiger partial charge in [-0.15, -0.1) is 0 Å². The number of rotatable bonds is 7. The highest BCUT2D eigenvalue weighted by Gasteiger charge is 2.37. The van der Waals surface area contributed by atoms with Crippen LogP contribution >= 0.6 is 11.8 Å². The van der Waals surface area contributed by atoms with Crippen LogP contribution in [0.1, 0.15) is 19.4 Å². The molecule has 2 aromatic rings. The number of nitrogens with zero attached hydrogens (tertiary/aromatic N) is 3. The van der Waals surface area contributed by atoms with E-state index in [1.54, 1.807) is 36.3 Å². The summed E-state index contributed by atoms with van der Waals surface area (Å²) in [5.74, 6) is 0.457. The lowest BCUT2D eigenvalue weighted by Crippen LogP contribution is -2.51. The number of hydrogen-bond acceptors (Lipinski definition) is 7. The van der Waals surface area contributed by atoms with Crippen molar-refractivity contribution in [3.8, 4) is 11.5 Å². The van der Waals surface area contributed by atoms with Crippen molar-refractivity contribution in [3.63, 3.8) is 0 Å². The van der Waals surface area contributed by atoms with Crippen LogP contribution in [-0.2, 0) is 9.59 Å². The van der Waals surface area contributed by atoms with Gasteiger partial charge in [0.2, 0.25) is 5.91 Å². The maximum absolute atomic E-state index is 12.9. The molecular formula is C26H29N3O5S. The van der Waals surface area contributed by atoms with Gasteiger partial charge >= 0.3 is 0 Å². The topological polar surface area (TPSA) is 79.4 Å². The van der Waals surface area contributed by atoms with Crippen molar-refractivity contribution in [1.82, 2.24) is 9.80 Å². The third-order valence-electron chi connectivity index (χ3n) is 5.77. The Morgan fingerprint density at radius 2 is 1.74 bits per heavy atom. The number of anilines is 1. The number of hydrogen-bond donors (Lipinski definition) is 0. The number of benzene rings is 2. The molecule has 2 aromatic carbocycles. The van der Waals surface area contributed by atoms with Crippen LogP contribution in [-0.4, -0.2) is 72.8 Å². The van der Waals surface area contributed by atoms with Gasteiger partial charge in [0, 0.05) is 31.9 Å². The highest BCUT2D eigenvalue weighted by Crippen LogP contribution is 2.35. The van der Waals surface area contributed by atoms with Crippen LogP contribution in [0.15, 0.2) is 53.4 Å². The van der Waals surface area contributed by atoms with Gasteiger partial charge in [0.05, 0.1) is 18.1 Å². The zero-order chi connectivity index (χ0) is 24.9. The normalized spacial score (nSPS) is 17.5. The Morgan fingerprint density at radius 3 is 2.40 bits per heavy atom. The van der Waals surface area contributed by atoms with Crippen LogP contribution in [0.3, 0.4) is 0 Å².